The van der Waals surface area contributed by atoms with Crippen LogP contribution in [0, 0.1) is 11.7 Å². The predicted octanol–water partition coefficient (Wildman–Crippen LogP) is 1.72. The SMILES string of the molecule is C[C@@H](N)C1COc2ccc(F)cc2C1. The van der Waals surface area contributed by atoms with Crippen molar-refractivity contribution >= 4 is 0 Å². The van der Waals surface area contributed by atoms with E-state index < -0.39 is 0 Å². The van der Waals surface area contributed by atoms with Crippen molar-refractivity contribution in [1.29, 1.82) is 0 Å². The number of halogens is 1. The molecule has 1 aromatic rings. The summed E-state index contributed by atoms with van der Waals surface area (Å²) in [6, 6.07) is 4.73. The molecule has 1 aliphatic heterocycles. The normalized spacial score (nSPS) is 22.4. The van der Waals surface area contributed by atoms with Crippen LogP contribution in [0.4, 0.5) is 4.39 Å². The molecule has 0 saturated heterocycles. The van der Waals surface area contributed by atoms with Crippen molar-refractivity contribution < 1.29 is 9.13 Å². The van der Waals surface area contributed by atoms with Gasteiger partial charge in [0.25, 0.3) is 0 Å². The van der Waals surface area contributed by atoms with Gasteiger partial charge in [0.2, 0.25) is 0 Å². The lowest BCUT2D eigenvalue weighted by molar-refractivity contribution is 0.204. The van der Waals surface area contributed by atoms with Gasteiger partial charge in [0.05, 0.1) is 6.61 Å². The fourth-order valence-corrected chi connectivity index (χ4v) is 1.72. The molecule has 0 spiro atoms. The van der Waals surface area contributed by atoms with Gasteiger partial charge < -0.3 is 10.5 Å². The van der Waals surface area contributed by atoms with Crippen molar-refractivity contribution in [2.24, 2.45) is 11.7 Å². The highest BCUT2D eigenvalue weighted by Gasteiger charge is 2.22. The lowest BCUT2D eigenvalue weighted by Crippen LogP contribution is -2.35. The maximum Gasteiger partial charge on any atom is 0.123 e. The van der Waals surface area contributed by atoms with E-state index in [1.54, 1.807) is 6.07 Å². The zero-order valence-corrected chi connectivity index (χ0v) is 8.16. The Morgan fingerprint density at radius 1 is 1.57 bits per heavy atom. The Kier molecular flexibility index (Phi) is 2.42. The Balaban J connectivity index is 2.24. The third-order valence-electron chi connectivity index (χ3n) is 2.70. The van der Waals surface area contributed by atoms with Gasteiger partial charge in [0, 0.05) is 12.0 Å². The molecule has 2 nitrogen and oxygen atoms in total. The van der Waals surface area contributed by atoms with E-state index in [1.165, 1.54) is 12.1 Å². The fourth-order valence-electron chi connectivity index (χ4n) is 1.72. The molecule has 1 aromatic carbocycles. The molecule has 3 heteroatoms. The van der Waals surface area contributed by atoms with E-state index in [-0.39, 0.29) is 11.9 Å². The quantitative estimate of drug-likeness (QED) is 0.740. The highest BCUT2D eigenvalue weighted by molar-refractivity contribution is 5.35. The van der Waals surface area contributed by atoms with Crippen LogP contribution < -0.4 is 10.5 Å². The molecule has 1 heterocycles. The molecular weight excluding hydrogens is 181 g/mol. The van der Waals surface area contributed by atoms with Crippen LogP contribution in [-0.4, -0.2) is 12.6 Å². The summed E-state index contributed by atoms with van der Waals surface area (Å²) in [5, 5.41) is 0. The minimum Gasteiger partial charge on any atom is -0.493 e. The standard InChI is InChI=1S/C11H14FNO/c1-7(13)9-4-8-5-10(12)2-3-11(8)14-6-9/h2-3,5,7,9H,4,6,13H2,1H3/t7-,9?/m1/s1. The van der Waals surface area contributed by atoms with Crippen molar-refractivity contribution in [2.75, 3.05) is 6.61 Å². The second kappa shape index (κ2) is 3.58. The summed E-state index contributed by atoms with van der Waals surface area (Å²) < 4.78 is 18.4. The van der Waals surface area contributed by atoms with Gasteiger partial charge in [-0.15, -0.1) is 0 Å². The number of benzene rings is 1. The van der Waals surface area contributed by atoms with Gasteiger partial charge in [-0.2, -0.15) is 0 Å². The molecule has 1 unspecified atom stereocenters. The second-order valence-electron chi connectivity index (χ2n) is 3.89. The number of ether oxygens (including phenoxy) is 1. The first kappa shape index (κ1) is 9.46. The van der Waals surface area contributed by atoms with Crippen molar-refractivity contribution in [3.05, 3.63) is 29.6 Å². The van der Waals surface area contributed by atoms with E-state index in [0.717, 1.165) is 17.7 Å². The van der Waals surface area contributed by atoms with Crippen LogP contribution in [0.3, 0.4) is 0 Å². The number of nitrogens with two attached hydrogens (primary N) is 1. The van der Waals surface area contributed by atoms with Gasteiger partial charge >= 0.3 is 0 Å². The molecule has 2 N–H and O–H groups in total. The van der Waals surface area contributed by atoms with E-state index in [2.05, 4.69) is 0 Å². The topological polar surface area (TPSA) is 35.2 Å². The molecule has 1 aliphatic rings. The minimum absolute atomic E-state index is 0.0893. The smallest absolute Gasteiger partial charge is 0.123 e. The fraction of sp³-hybridized carbons (Fsp3) is 0.455. The molecule has 0 radical (unpaired) electrons. The van der Waals surface area contributed by atoms with E-state index in [9.17, 15) is 4.39 Å². The predicted molar refractivity (Wildman–Crippen MR) is 52.7 cm³/mol. The number of hydrogen-bond donors (Lipinski definition) is 1. The van der Waals surface area contributed by atoms with Crippen LogP contribution in [0.5, 0.6) is 5.75 Å². The zero-order valence-electron chi connectivity index (χ0n) is 8.16. The first-order chi connectivity index (χ1) is 6.66. The summed E-state index contributed by atoms with van der Waals surface area (Å²) in [6.45, 7) is 2.59. The van der Waals surface area contributed by atoms with Crippen molar-refractivity contribution in [3.63, 3.8) is 0 Å². The molecule has 2 atom stereocenters. The molecule has 0 amide bonds. The maximum atomic E-state index is 12.9. The second-order valence-corrected chi connectivity index (χ2v) is 3.89. The first-order valence-corrected chi connectivity index (χ1v) is 4.83. The van der Waals surface area contributed by atoms with E-state index in [4.69, 9.17) is 10.5 Å². The van der Waals surface area contributed by atoms with Gasteiger partial charge in [-0.3, -0.25) is 0 Å². The number of rotatable bonds is 1. The van der Waals surface area contributed by atoms with Gasteiger partial charge in [0.15, 0.2) is 0 Å². The molecule has 0 saturated carbocycles. The molecule has 0 bridgehead atoms. The average molecular weight is 195 g/mol. The summed E-state index contributed by atoms with van der Waals surface area (Å²) in [7, 11) is 0. The Bertz CT molecular complexity index is 338. The molecule has 2 rings (SSSR count). The highest BCUT2D eigenvalue weighted by Crippen LogP contribution is 2.28. The van der Waals surface area contributed by atoms with Crippen molar-refractivity contribution in [2.45, 2.75) is 19.4 Å². The summed E-state index contributed by atoms with van der Waals surface area (Å²) >= 11 is 0. The third-order valence-corrected chi connectivity index (χ3v) is 2.70. The molecule has 0 fully saturated rings. The van der Waals surface area contributed by atoms with Crippen LogP contribution >= 0.6 is 0 Å². The van der Waals surface area contributed by atoms with Crippen LogP contribution in [-0.2, 0) is 6.42 Å². The minimum atomic E-state index is -0.210. The Morgan fingerprint density at radius 3 is 3.07 bits per heavy atom. The van der Waals surface area contributed by atoms with Crippen LogP contribution in [0.2, 0.25) is 0 Å². The van der Waals surface area contributed by atoms with Crippen molar-refractivity contribution in [3.8, 4) is 5.75 Å². The molecule has 14 heavy (non-hydrogen) atoms. The van der Waals surface area contributed by atoms with Crippen LogP contribution in [0.1, 0.15) is 12.5 Å². The Hall–Kier alpha value is -1.09. The monoisotopic (exact) mass is 195 g/mol. The number of fused-ring (bicyclic) bond motifs is 1. The highest BCUT2D eigenvalue weighted by atomic mass is 19.1. The molecule has 76 valence electrons. The van der Waals surface area contributed by atoms with E-state index in [0.29, 0.717) is 12.5 Å². The number of hydrogen-bond acceptors (Lipinski definition) is 2. The summed E-state index contributed by atoms with van der Waals surface area (Å²) in [6.07, 6.45) is 0.810. The summed E-state index contributed by atoms with van der Waals surface area (Å²) in [5.41, 5.74) is 6.72. The summed E-state index contributed by atoms with van der Waals surface area (Å²) in [4.78, 5) is 0. The van der Waals surface area contributed by atoms with Gasteiger partial charge in [0.1, 0.15) is 11.6 Å². The van der Waals surface area contributed by atoms with Crippen LogP contribution in [0.25, 0.3) is 0 Å². The first-order valence-electron chi connectivity index (χ1n) is 4.83. The molecule has 0 aromatic heterocycles. The summed E-state index contributed by atoms with van der Waals surface area (Å²) in [5.74, 6) is 0.880. The largest absolute Gasteiger partial charge is 0.493 e. The van der Waals surface area contributed by atoms with E-state index in [1.807, 2.05) is 6.92 Å². The van der Waals surface area contributed by atoms with E-state index >= 15 is 0 Å². The van der Waals surface area contributed by atoms with Crippen LogP contribution in [0.15, 0.2) is 18.2 Å². The maximum absolute atomic E-state index is 12.9. The third kappa shape index (κ3) is 1.73. The molecular formula is C11H14FNO. The Labute approximate surface area is 82.9 Å². The molecule has 0 aliphatic carbocycles. The van der Waals surface area contributed by atoms with Gasteiger partial charge in [-0.1, -0.05) is 0 Å². The van der Waals surface area contributed by atoms with Gasteiger partial charge in [-0.25, -0.2) is 4.39 Å². The lowest BCUT2D eigenvalue weighted by atomic mass is 9.92. The Morgan fingerprint density at radius 2 is 2.36 bits per heavy atom. The zero-order chi connectivity index (χ0) is 10.1. The average Bonchev–Trinajstić information content (AvgIpc) is 2.16. The van der Waals surface area contributed by atoms with Crippen molar-refractivity contribution in [1.82, 2.24) is 0 Å². The lowest BCUT2D eigenvalue weighted by Gasteiger charge is -2.27. The van der Waals surface area contributed by atoms with Gasteiger partial charge in [-0.05, 0) is 37.1 Å².